The number of rotatable bonds is 10. The van der Waals surface area contributed by atoms with Crippen molar-refractivity contribution in [2.24, 2.45) is 11.8 Å². The maximum Gasteiger partial charge on any atom is 0.323 e. The normalized spacial score (nSPS) is 17.0. The Morgan fingerprint density at radius 2 is 1.72 bits per heavy atom. The van der Waals surface area contributed by atoms with Crippen molar-refractivity contribution in [1.29, 1.82) is 0 Å². The molecule has 2 amide bonds. The van der Waals surface area contributed by atoms with Gasteiger partial charge in [-0.05, 0) is 79.7 Å². The van der Waals surface area contributed by atoms with Gasteiger partial charge in [-0.25, -0.2) is 4.79 Å². The van der Waals surface area contributed by atoms with E-state index in [9.17, 15) is 14.7 Å². The summed E-state index contributed by atoms with van der Waals surface area (Å²) in [5, 5.41) is 15.6. The molecule has 1 saturated heterocycles. The van der Waals surface area contributed by atoms with Crippen LogP contribution in [0.1, 0.15) is 63.0 Å². The highest BCUT2D eigenvalue weighted by atomic mass is 16.5. The fourth-order valence-corrected chi connectivity index (χ4v) is 5.20. The van der Waals surface area contributed by atoms with Gasteiger partial charge >= 0.3 is 12.0 Å². The third kappa shape index (κ3) is 6.78. The molecule has 3 N–H and O–H groups in total. The highest BCUT2D eigenvalue weighted by Crippen LogP contribution is 2.46. The van der Waals surface area contributed by atoms with E-state index >= 15 is 0 Å². The van der Waals surface area contributed by atoms with Crippen molar-refractivity contribution in [3.8, 4) is 0 Å². The summed E-state index contributed by atoms with van der Waals surface area (Å²) in [5.74, 6) is -0.000163. The fourth-order valence-electron chi connectivity index (χ4n) is 5.20. The Bertz CT molecular complexity index is 1060. The van der Waals surface area contributed by atoms with E-state index in [0.29, 0.717) is 17.9 Å². The number of hydrogen-bond donors (Lipinski definition) is 3. The second-order valence-corrected chi connectivity index (χ2v) is 10.6. The van der Waals surface area contributed by atoms with Gasteiger partial charge in [-0.15, -0.1) is 0 Å². The molecule has 0 aromatic heterocycles. The number of urea groups is 1. The van der Waals surface area contributed by atoms with E-state index in [4.69, 9.17) is 4.74 Å². The second kappa shape index (κ2) is 11.8. The third-order valence-electron chi connectivity index (χ3n) is 7.18. The number of carbonyl (C=O) groups is 2. The van der Waals surface area contributed by atoms with E-state index in [-0.39, 0.29) is 18.4 Å². The Balaban J connectivity index is 1.68. The van der Waals surface area contributed by atoms with E-state index in [1.54, 1.807) is 0 Å². The van der Waals surface area contributed by atoms with Gasteiger partial charge in [0.05, 0.1) is 17.8 Å². The molecule has 4 rings (SSSR count). The Hall–Kier alpha value is -3.06. The number of carboxylic acids is 1. The predicted octanol–water partition coefficient (Wildman–Crippen LogP) is 6.25. The maximum absolute atomic E-state index is 13.2. The number of amides is 2. The molecule has 2 aromatic rings. The first-order valence-electron chi connectivity index (χ1n) is 13.2. The number of aliphatic carboxylic acids is 1. The highest BCUT2D eigenvalue weighted by molar-refractivity contribution is 6.02. The fraction of sp³-hybridized carbons (Fsp3) is 0.517. The molecule has 1 aliphatic heterocycles. The summed E-state index contributed by atoms with van der Waals surface area (Å²) in [4.78, 5) is 27.2. The zero-order chi connectivity index (χ0) is 25.7. The lowest BCUT2D eigenvalue weighted by Crippen LogP contribution is -2.42. The summed E-state index contributed by atoms with van der Waals surface area (Å²) in [6, 6.07) is 13.9. The number of nitrogens with one attached hydrogen (secondary N) is 2. The maximum atomic E-state index is 13.2. The largest absolute Gasteiger partial charge is 0.481 e. The number of ether oxygens (including phenoxy) is 1. The van der Waals surface area contributed by atoms with Crippen LogP contribution in [-0.2, 0) is 9.53 Å². The number of carbonyl (C=O) groups excluding carboxylic acids is 1. The molecular weight excluding hydrogens is 454 g/mol. The molecule has 1 heterocycles. The SMILES string of the molecule is Cc1ccccc1NC(=O)Nc1cc(C(CC(=O)O)C2CC2)ccc1N(CC(C)C)C1CCOCC1. The molecule has 0 spiro atoms. The molecule has 1 atom stereocenters. The minimum absolute atomic E-state index is 0.0434. The van der Waals surface area contributed by atoms with Gasteiger partial charge in [-0.1, -0.05) is 38.1 Å². The molecule has 194 valence electrons. The molecule has 36 heavy (non-hydrogen) atoms. The summed E-state index contributed by atoms with van der Waals surface area (Å²) < 4.78 is 5.62. The van der Waals surface area contributed by atoms with Gasteiger partial charge in [0.2, 0.25) is 0 Å². The van der Waals surface area contributed by atoms with Gasteiger partial charge < -0.3 is 25.4 Å². The van der Waals surface area contributed by atoms with Crippen LogP contribution in [0.4, 0.5) is 21.9 Å². The average Bonchev–Trinajstić information content (AvgIpc) is 3.68. The second-order valence-electron chi connectivity index (χ2n) is 10.6. The van der Waals surface area contributed by atoms with Crippen molar-refractivity contribution in [3.05, 3.63) is 53.6 Å². The minimum atomic E-state index is -0.786. The molecule has 7 nitrogen and oxygen atoms in total. The van der Waals surface area contributed by atoms with Crippen LogP contribution in [0.3, 0.4) is 0 Å². The first-order valence-corrected chi connectivity index (χ1v) is 13.2. The molecule has 2 fully saturated rings. The van der Waals surface area contributed by atoms with Crippen LogP contribution in [0.15, 0.2) is 42.5 Å². The summed E-state index contributed by atoms with van der Waals surface area (Å²) in [6.07, 6.45) is 4.09. The molecule has 0 radical (unpaired) electrons. The van der Waals surface area contributed by atoms with E-state index in [1.165, 1.54) is 0 Å². The predicted molar refractivity (Wildman–Crippen MR) is 144 cm³/mol. The topological polar surface area (TPSA) is 90.9 Å². The van der Waals surface area contributed by atoms with Crippen LogP contribution in [0, 0.1) is 18.8 Å². The third-order valence-corrected chi connectivity index (χ3v) is 7.18. The lowest BCUT2D eigenvalue weighted by Gasteiger charge is -2.38. The Morgan fingerprint density at radius 1 is 1.03 bits per heavy atom. The first kappa shape index (κ1) is 26.0. The van der Waals surface area contributed by atoms with Crippen molar-refractivity contribution in [1.82, 2.24) is 0 Å². The zero-order valence-corrected chi connectivity index (χ0v) is 21.6. The molecule has 2 aliphatic rings. The standard InChI is InChI=1S/C29H39N3O4/c1-19(2)18-32(23-12-14-36-15-13-23)27-11-10-22(24(17-28(33)34)21-8-9-21)16-26(27)31-29(35)30-25-7-5-4-6-20(25)3/h4-7,10-11,16,19,21,23-24H,8-9,12-15,17-18H2,1-3H3,(H,33,34)(H2,30,31,35). The van der Waals surface area contributed by atoms with E-state index in [2.05, 4.69) is 41.5 Å². The van der Waals surface area contributed by atoms with E-state index < -0.39 is 5.97 Å². The number of aryl methyl sites for hydroxylation is 1. The van der Waals surface area contributed by atoms with Gasteiger partial charge in [0, 0.05) is 31.5 Å². The number of carboxylic acid groups (broad SMARTS) is 1. The molecule has 7 heteroatoms. The monoisotopic (exact) mass is 493 g/mol. The molecule has 0 bridgehead atoms. The van der Waals surface area contributed by atoms with Crippen LogP contribution < -0.4 is 15.5 Å². The summed E-state index contributed by atoms with van der Waals surface area (Å²) in [7, 11) is 0. The van der Waals surface area contributed by atoms with Crippen molar-refractivity contribution in [2.75, 3.05) is 35.3 Å². The van der Waals surface area contributed by atoms with Crippen molar-refractivity contribution in [2.45, 2.75) is 64.8 Å². The number of benzene rings is 2. The highest BCUT2D eigenvalue weighted by Gasteiger charge is 2.34. The van der Waals surface area contributed by atoms with Gasteiger partial charge in [0.1, 0.15) is 0 Å². The Labute approximate surface area is 214 Å². The quantitative estimate of drug-likeness (QED) is 0.364. The lowest BCUT2D eigenvalue weighted by atomic mass is 9.90. The van der Waals surface area contributed by atoms with Crippen LogP contribution in [0.2, 0.25) is 0 Å². The van der Waals surface area contributed by atoms with Crippen LogP contribution in [0.25, 0.3) is 0 Å². The van der Waals surface area contributed by atoms with Gasteiger partial charge in [0.25, 0.3) is 0 Å². The smallest absolute Gasteiger partial charge is 0.323 e. The Kier molecular flexibility index (Phi) is 8.52. The van der Waals surface area contributed by atoms with Crippen LogP contribution in [0.5, 0.6) is 0 Å². The summed E-state index contributed by atoms with van der Waals surface area (Å²) in [5.41, 5.74) is 4.43. The van der Waals surface area contributed by atoms with Crippen LogP contribution in [-0.4, -0.2) is 42.9 Å². The molecule has 1 aliphatic carbocycles. The van der Waals surface area contributed by atoms with E-state index in [0.717, 1.165) is 73.6 Å². The summed E-state index contributed by atoms with van der Waals surface area (Å²) >= 11 is 0. The van der Waals surface area contributed by atoms with Gasteiger partial charge in [-0.3, -0.25) is 4.79 Å². The van der Waals surface area contributed by atoms with Gasteiger partial charge in [-0.2, -0.15) is 0 Å². The van der Waals surface area contributed by atoms with Crippen molar-refractivity contribution in [3.63, 3.8) is 0 Å². The van der Waals surface area contributed by atoms with Crippen LogP contribution >= 0.6 is 0 Å². The number of nitrogens with zero attached hydrogens (tertiary/aromatic N) is 1. The summed E-state index contributed by atoms with van der Waals surface area (Å²) in [6.45, 7) is 8.69. The van der Waals surface area contributed by atoms with Crippen molar-refractivity contribution >= 4 is 29.1 Å². The Morgan fingerprint density at radius 3 is 2.36 bits per heavy atom. The van der Waals surface area contributed by atoms with Crippen molar-refractivity contribution < 1.29 is 19.4 Å². The molecule has 1 saturated carbocycles. The number of hydrogen-bond acceptors (Lipinski definition) is 4. The van der Waals surface area contributed by atoms with Gasteiger partial charge in [0.15, 0.2) is 0 Å². The molecule has 2 aromatic carbocycles. The molecule has 1 unspecified atom stereocenters. The molecular formula is C29H39N3O4. The first-order chi connectivity index (χ1) is 17.3. The average molecular weight is 494 g/mol. The van der Waals surface area contributed by atoms with E-state index in [1.807, 2.05) is 37.3 Å². The minimum Gasteiger partial charge on any atom is -0.481 e. The lowest BCUT2D eigenvalue weighted by molar-refractivity contribution is -0.137. The number of anilines is 3. The zero-order valence-electron chi connectivity index (χ0n) is 21.6. The number of para-hydroxylation sites is 1.